The van der Waals surface area contributed by atoms with Crippen molar-refractivity contribution in [2.75, 3.05) is 0 Å². The van der Waals surface area contributed by atoms with Crippen LogP contribution in [0.25, 0.3) is 110 Å². The number of benzene rings is 8. The van der Waals surface area contributed by atoms with Gasteiger partial charge < -0.3 is 0 Å². The zero-order valence-electron chi connectivity index (χ0n) is 35.8. The van der Waals surface area contributed by atoms with Crippen molar-refractivity contribution in [2.24, 2.45) is 0 Å². The van der Waals surface area contributed by atoms with E-state index in [0.29, 0.717) is 0 Å². The zero-order valence-corrected chi connectivity index (χ0v) is 35.8. The molecule has 0 N–H and O–H groups in total. The second kappa shape index (κ2) is 13.3. The van der Waals surface area contributed by atoms with Gasteiger partial charge in [-0.05, 0) is 189 Å². The van der Waals surface area contributed by atoms with Crippen LogP contribution in [0.1, 0.15) is 33.4 Å². The number of nitrogens with zero attached hydrogens (tertiary/aromatic N) is 4. The van der Waals surface area contributed by atoms with Gasteiger partial charge in [0.2, 0.25) is 0 Å². The Hall–Kier alpha value is -7.82. The molecule has 4 heterocycles. The molecule has 0 unspecified atom stereocenters. The summed E-state index contributed by atoms with van der Waals surface area (Å²) in [5.74, 6) is 1.94. The molecule has 14 rings (SSSR count). The zero-order chi connectivity index (χ0) is 42.2. The summed E-state index contributed by atoms with van der Waals surface area (Å²) in [6.45, 7) is 4.34. The summed E-state index contributed by atoms with van der Waals surface area (Å²) in [6.07, 6.45) is 7.82. The minimum absolute atomic E-state index is 0.968. The number of rotatable bonds is 4. The number of aromatic nitrogens is 4. The standard InChI is InChI=1S/C60H42N4/c1-35-25-27-61-55(29-35)63-53-23-19-39(45-15-7-11-37-9-3-5-13-43(37)45)31-49(53)51-33-41-18-22-48-58-42(17-21-47(57(41)58)59(51)63)34-52-50-32-40(46-16-8-12-38-10-4-6-14-44(38)46)20-24-54(50)64(60(48)52)56-30-36(2)26-28-62-56/h3-16,19-20,23-34H,17-18,21-22H2,1-2H3. The minimum atomic E-state index is 0.968. The van der Waals surface area contributed by atoms with Gasteiger partial charge in [-0.3, -0.25) is 9.13 Å². The van der Waals surface area contributed by atoms with E-state index in [1.54, 1.807) is 0 Å². The molecular weight excluding hydrogens is 777 g/mol. The van der Waals surface area contributed by atoms with Crippen molar-refractivity contribution < 1.29 is 0 Å². The van der Waals surface area contributed by atoms with Gasteiger partial charge in [0.05, 0.1) is 22.1 Å². The van der Waals surface area contributed by atoms with E-state index in [9.17, 15) is 0 Å². The van der Waals surface area contributed by atoms with Crippen molar-refractivity contribution in [2.45, 2.75) is 39.5 Å². The Morgan fingerprint density at radius 2 is 0.844 bits per heavy atom. The molecule has 2 aliphatic carbocycles. The summed E-state index contributed by atoms with van der Waals surface area (Å²) < 4.78 is 4.95. The molecule has 0 fully saturated rings. The SMILES string of the molecule is Cc1ccnc(-n2c3ccc(-c4cccc5ccccc45)cc3c3cc4c5c(c32)CCc2cc3c6cc(-c7cccc8ccccc78)ccc6n(-c6cc(C)ccn6)c3c(c2-5)CC4)c1. The van der Waals surface area contributed by atoms with Gasteiger partial charge >= 0.3 is 0 Å². The maximum atomic E-state index is 5.07. The molecule has 0 saturated carbocycles. The van der Waals surface area contributed by atoms with Crippen LogP contribution in [0, 0.1) is 13.8 Å². The lowest BCUT2D eigenvalue weighted by Crippen LogP contribution is -2.16. The fourth-order valence-electron chi connectivity index (χ4n) is 11.7. The third-order valence-corrected chi connectivity index (χ3v) is 14.5. The van der Waals surface area contributed by atoms with Gasteiger partial charge in [0.15, 0.2) is 0 Å². The Morgan fingerprint density at radius 1 is 0.391 bits per heavy atom. The first kappa shape index (κ1) is 35.7. The maximum Gasteiger partial charge on any atom is 0.137 e. The maximum absolute atomic E-state index is 5.07. The molecule has 64 heavy (non-hydrogen) atoms. The third-order valence-electron chi connectivity index (χ3n) is 14.5. The molecule has 0 radical (unpaired) electrons. The second-order valence-corrected chi connectivity index (χ2v) is 18.1. The van der Waals surface area contributed by atoms with Crippen molar-refractivity contribution in [3.8, 4) is 45.0 Å². The van der Waals surface area contributed by atoms with Crippen LogP contribution >= 0.6 is 0 Å². The quantitative estimate of drug-likeness (QED) is 0.177. The van der Waals surface area contributed by atoms with Gasteiger partial charge in [-0.15, -0.1) is 0 Å². The van der Waals surface area contributed by atoms with Crippen molar-refractivity contribution >= 4 is 65.2 Å². The topological polar surface area (TPSA) is 35.6 Å². The molecule has 302 valence electrons. The second-order valence-electron chi connectivity index (χ2n) is 18.1. The Balaban J connectivity index is 1.06. The fourth-order valence-corrected chi connectivity index (χ4v) is 11.7. The van der Waals surface area contributed by atoms with Gasteiger partial charge in [-0.25, -0.2) is 9.97 Å². The molecule has 4 heteroatoms. The summed E-state index contributed by atoms with van der Waals surface area (Å²) in [4.78, 5) is 10.1. The number of aryl methyl sites for hydroxylation is 6. The molecule has 2 aliphatic rings. The Bertz CT molecular complexity index is 3720. The molecule has 0 amide bonds. The highest BCUT2D eigenvalue weighted by atomic mass is 15.1. The number of fused-ring (bicyclic) bond motifs is 10. The van der Waals surface area contributed by atoms with E-state index in [2.05, 4.69) is 181 Å². The largest absolute Gasteiger partial charge is 0.293 e. The van der Waals surface area contributed by atoms with Crippen molar-refractivity contribution in [1.29, 1.82) is 0 Å². The minimum Gasteiger partial charge on any atom is -0.293 e. The highest BCUT2D eigenvalue weighted by molar-refractivity contribution is 6.17. The van der Waals surface area contributed by atoms with Gasteiger partial charge in [0.1, 0.15) is 11.6 Å². The van der Waals surface area contributed by atoms with E-state index in [4.69, 9.17) is 9.97 Å². The molecular formula is C60H42N4. The predicted octanol–water partition coefficient (Wildman–Crippen LogP) is 14.8. The van der Waals surface area contributed by atoms with E-state index in [1.807, 2.05) is 12.4 Å². The summed E-state index contributed by atoms with van der Waals surface area (Å²) >= 11 is 0. The van der Waals surface area contributed by atoms with E-state index in [1.165, 1.54) is 132 Å². The molecule has 12 aromatic rings. The third kappa shape index (κ3) is 5.05. The highest BCUT2D eigenvalue weighted by Crippen LogP contribution is 2.52. The molecule has 0 bridgehead atoms. The molecule has 8 aromatic carbocycles. The lowest BCUT2D eigenvalue weighted by atomic mass is 9.74. The lowest BCUT2D eigenvalue weighted by Gasteiger charge is -2.31. The average molecular weight is 819 g/mol. The Kier molecular flexibility index (Phi) is 7.45. The molecule has 4 nitrogen and oxygen atoms in total. The van der Waals surface area contributed by atoms with Crippen LogP contribution in [0.2, 0.25) is 0 Å². The van der Waals surface area contributed by atoms with E-state index in [0.717, 1.165) is 37.3 Å². The molecule has 0 spiro atoms. The summed E-state index contributed by atoms with van der Waals surface area (Å²) in [5, 5.41) is 10.3. The normalized spacial score (nSPS) is 13.2. The lowest BCUT2D eigenvalue weighted by molar-refractivity contribution is 0.881. The van der Waals surface area contributed by atoms with Crippen LogP contribution < -0.4 is 0 Å². The Morgan fingerprint density at radius 3 is 1.31 bits per heavy atom. The molecule has 4 aromatic heterocycles. The molecule has 0 saturated heterocycles. The van der Waals surface area contributed by atoms with Crippen LogP contribution in [0.15, 0.2) is 170 Å². The van der Waals surface area contributed by atoms with Crippen molar-refractivity contribution in [1.82, 2.24) is 19.1 Å². The van der Waals surface area contributed by atoms with Crippen LogP contribution in [0.3, 0.4) is 0 Å². The first-order valence-electron chi connectivity index (χ1n) is 22.6. The van der Waals surface area contributed by atoms with Crippen molar-refractivity contribution in [3.63, 3.8) is 0 Å². The number of hydrogen-bond acceptors (Lipinski definition) is 2. The smallest absolute Gasteiger partial charge is 0.137 e. The predicted molar refractivity (Wildman–Crippen MR) is 266 cm³/mol. The van der Waals surface area contributed by atoms with Crippen molar-refractivity contribution in [3.05, 3.63) is 203 Å². The highest BCUT2D eigenvalue weighted by Gasteiger charge is 2.33. The van der Waals surface area contributed by atoms with E-state index in [-0.39, 0.29) is 0 Å². The van der Waals surface area contributed by atoms with Crippen LogP contribution in [0.5, 0.6) is 0 Å². The monoisotopic (exact) mass is 818 g/mol. The van der Waals surface area contributed by atoms with Crippen LogP contribution in [-0.2, 0) is 25.7 Å². The van der Waals surface area contributed by atoms with E-state index < -0.39 is 0 Å². The average Bonchev–Trinajstić information content (AvgIpc) is 3.84. The first-order valence-corrected chi connectivity index (χ1v) is 22.6. The fraction of sp³-hybridized carbons (Fsp3) is 0.100. The van der Waals surface area contributed by atoms with E-state index >= 15 is 0 Å². The number of pyridine rings is 2. The first-order chi connectivity index (χ1) is 31.6. The molecule has 0 atom stereocenters. The van der Waals surface area contributed by atoms with Gasteiger partial charge in [-0.2, -0.15) is 0 Å². The Labute approximate surface area is 370 Å². The summed E-state index contributed by atoms with van der Waals surface area (Å²) in [5.41, 5.74) is 21.1. The van der Waals surface area contributed by atoms with Crippen LogP contribution in [-0.4, -0.2) is 19.1 Å². The summed E-state index contributed by atoms with van der Waals surface area (Å²) in [7, 11) is 0. The van der Waals surface area contributed by atoms with Gasteiger partial charge in [-0.1, -0.05) is 97.1 Å². The summed E-state index contributed by atoms with van der Waals surface area (Å²) in [6, 6.07) is 58.8. The van der Waals surface area contributed by atoms with Gasteiger partial charge in [0, 0.05) is 33.9 Å². The van der Waals surface area contributed by atoms with Crippen LogP contribution in [0.4, 0.5) is 0 Å². The van der Waals surface area contributed by atoms with Gasteiger partial charge in [0.25, 0.3) is 0 Å². The number of hydrogen-bond donors (Lipinski definition) is 0. The molecule has 0 aliphatic heterocycles.